The van der Waals surface area contributed by atoms with Crippen LogP contribution in [0.1, 0.15) is 18.9 Å². The van der Waals surface area contributed by atoms with E-state index in [1.807, 2.05) is 6.92 Å². The van der Waals surface area contributed by atoms with Crippen LogP contribution in [0.25, 0.3) is 0 Å². The van der Waals surface area contributed by atoms with Crippen molar-refractivity contribution >= 4 is 33.2 Å². The van der Waals surface area contributed by atoms with Gasteiger partial charge in [-0.25, -0.2) is 0 Å². The van der Waals surface area contributed by atoms with Gasteiger partial charge in [0.05, 0.1) is 10.7 Å². The lowest BCUT2D eigenvalue weighted by Crippen LogP contribution is -2.35. The van der Waals surface area contributed by atoms with E-state index in [-0.39, 0.29) is 0 Å². The Bertz CT molecular complexity index is 395. The molecule has 1 rings (SSSR count). The Hall–Kier alpha value is -0.420. The number of hydrogen-bond acceptors (Lipinski definition) is 1. The summed E-state index contributed by atoms with van der Waals surface area (Å²) in [4.78, 5) is 1.29. The summed E-state index contributed by atoms with van der Waals surface area (Å²) in [6.45, 7) is 1.18. The minimum absolute atomic E-state index is 0.323. The van der Waals surface area contributed by atoms with Gasteiger partial charge >= 0.3 is 6.18 Å². The summed E-state index contributed by atoms with van der Waals surface area (Å²) < 4.78 is 37.8. The third kappa shape index (κ3) is 4.35. The van der Waals surface area contributed by atoms with Gasteiger partial charge in [0.25, 0.3) is 0 Å². The third-order valence-corrected chi connectivity index (χ3v) is 3.30. The second kappa shape index (κ2) is 6.66. The van der Waals surface area contributed by atoms with Gasteiger partial charge in [-0.2, -0.15) is 13.2 Å². The van der Waals surface area contributed by atoms with Crippen LogP contribution in [0, 0.1) is 0 Å². The van der Waals surface area contributed by atoms with Gasteiger partial charge in [0, 0.05) is 11.9 Å². The molecular formula is C12H14BrClF3N. The molecule has 0 saturated carbocycles. The van der Waals surface area contributed by atoms with Crippen LogP contribution in [0.2, 0.25) is 5.02 Å². The summed E-state index contributed by atoms with van der Waals surface area (Å²) in [5, 5.41) is 0.825. The summed E-state index contributed by atoms with van der Waals surface area (Å²) in [7, 11) is 0. The quantitative estimate of drug-likeness (QED) is 0.678. The first-order valence-electron chi connectivity index (χ1n) is 5.54. The van der Waals surface area contributed by atoms with Gasteiger partial charge in [0.2, 0.25) is 0 Å². The van der Waals surface area contributed by atoms with Gasteiger partial charge in [-0.15, -0.1) is 0 Å². The standard InChI is InChI=1S/C12H14BrClF3N/c1-2-6-18(8-12(15,16)17)11-9(7-13)4-3-5-10(11)14/h3-5H,2,6-8H2,1H3. The van der Waals surface area contributed by atoms with Crippen molar-refractivity contribution in [3.63, 3.8) is 0 Å². The molecule has 0 aliphatic rings. The van der Waals surface area contributed by atoms with Gasteiger partial charge in [-0.05, 0) is 18.1 Å². The lowest BCUT2D eigenvalue weighted by Gasteiger charge is -2.28. The number of hydrogen-bond donors (Lipinski definition) is 0. The summed E-state index contributed by atoms with van der Waals surface area (Å²) in [5.74, 6) is 0. The zero-order valence-electron chi connectivity index (χ0n) is 9.90. The van der Waals surface area contributed by atoms with Gasteiger partial charge in [0.1, 0.15) is 6.54 Å². The molecule has 0 bridgehead atoms. The molecule has 0 heterocycles. The van der Waals surface area contributed by atoms with Crippen molar-refractivity contribution in [1.29, 1.82) is 0 Å². The predicted molar refractivity (Wildman–Crippen MR) is 72.6 cm³/mol. The van der Waals surface area contributed by atoms with Gasteiger partial charge in [0.15, 0.2) is 0 Å². The van der Waals surface area contributed by atoms with Crippen LogP contribution in [-0.4, -0.2) is 19.3 Å². The Morgan fingerprint density at radius 2 is 2.00 bits per heavy atom. The fourth-order valence-corrected chi connectivity index (χ4v) is 2.54. The van der Waals surface area contributed by atoms with Crippen molar-refractivity contribution in [3.8, 4) is 0 Å². The molecule has 0 N–H and O–H groups in total. The first-order valence-corrected chi connectivity index (χ1v) is 7.04. The van der Waals surface area contributed by atoms with Crippen LogP contribution >= 0.6 is 27.5 Å². The smallest absolute Gasteiger partial charge is 0.361 e. The van der Waals surface area contributed by atoms with Gasteiger partial charge < -0.3 is 4.90 Å². The highest BCUT2D eigenvalue weighted by Gasteiger charge is 2.31. The molecule has 1 aromatic rings. The van der Waals surface area contributed by atoms with Crippen LogP contribution in [0.4, 0.5) is 18.9 Å². The monoisotopic (exact) mass is 343 g/mol. The van der Waals surface area contributed by atoms with E-state index in [4.69, 9.17) is 11.6 Å². The Morgan fingerprint density at radius 1 is 1.33 bits per heavy atom. The van der Waals surface area contributed by atoms with E-state index in [0.29, 0.717) is 29.0 Å². The molecule has 0 unspecified atom stereocenters. The SMILES string of the molecule is CCCN(CC(F)(F)F)c1c(Cl)cccc1CBr. The molecule has 18 heavy (non-hydrogen) atoms. The molecule has 0 atom stereocenters. The topological polar surface area (TPSA) is 3.24 Å². The predicted octanol–water partition coefficient (Wildman–Crippen LogP) is 5.01. The summed E-state index contributed by atoms with van der Waals surface area (Å²) >= 11 is 9.31. The van der Waals surface area contributed by atoms with Crippen molar-refractivity contribution in [2.24, 2.45) is 0 Å². The van der Waals surface area contributed by atoms with E-state index in [2.05, 4.69) is 15.9 Å². The molecule has 6 heteroatoms. The fraction of sp³-hybridized carbons (Fsp3) is 0.500. The van der Waals surface area contributed by atoms with Crippen LogP contribution in [0.5, 0.6) is 0 Å². The highest BCUT2D eigenvalue weighted by atomic mass is 79.9. The van der Waals surface area contributed by atoms with Gasteiger partial charge in [-0.3, -0.25) is 0 Å². The summed E-state index contributed by atoms with van der Waals surface area (Å²) in [6, 6.07) is 5.12. The highest BCUT2D eigenvalue weighted by molar-refractivity contribution is 9.08. The van der Waals surface area contributed by atoms with Crippen LogP contribution in [-0.2, 0) is 5.33 Å². The number of halogens is 5. The second-order valence-electron chi connectivity index (χ2n) is 3.92. The second-order valence-corrected chi connectivity index (χ2v) is 4.89. The molecule has 0 saturated heterocycles. The number of alkyl halides is 4. The van der Waals surface area contributed by atoms with Gasteiger partial charge in [-0.1, -0.05) is 46.6 Å². The molecule has 0 aliphatic carbocycles. The normalized spacial score (nSPS) is 11.7. The zero-order chi connectivity index (χ0) is 13.8. The average molecular weight is 345 g/mol. The minimum Gasteiger partial charge on any atom is -0.361 e. The first-order chi connectivity index (χ1) is 8.39. The number of rotatable bonds is 5. The van der Waals surface area contributed by atoms with Crippen molar-refractivity contribution in [2.45, 2.75) is 24.9 Å². The molecule has 102 valence electrons. The van der Waals surface area contributed by atoms with Crippen LogP contribution in [0.3, 0.4) is 0 Å². The first kappa shape index (κ1) is 15.6. The van der Waals surface area contributed by atoms with E-state index >= 15 is 0 Å². The third-order valence-electron chi connectivity index (χ3n) is 2.39. The van der Waals surface area contributed by atoms with Crippen molar-refractivity contribution in [1.82, 2.24) is 0 Å². The van der Waals surface area contributed by atoms with E-state index < -0.39 is 12.7 Å². The van der Waals surface area contributed by atoms with Crippen molar-refractivity contribution in [3.05, 3.63) is 28.8 Å². The molecule has 0 spiro atoms. The van der Waals surface area contributed by atoms with Crippen molar-refractivity contribution < 1.29 is 13.2 Å². The summed E-state index contributed by atoms with van der Waals surface area (Å²) in [6.07, 6.45) is -3.61. The lowest BCUT2D eigenvalue weighted by atomic mass is 10.1. The number of nitrogens with zero attached hydrogens (tertiary/aromatic N) is 1. The molecular weight excluding hydrogens is 330 g/mol. The number of benzene rings is 1. The maximum absolute atomic E-state index is 12.6. The molecule has 1 aromatic carbocycles. The molecule has 0 amide bonds. The zero-order valence-corrected chi connectivity index (χ0v) is 12.2. The maximum Gasteiger partial charge on any atom is 0.405 e. The van der Waals surface area contributed by atoms with Crippen LogP contribution < -0.4 is 4.90 Å². The Labute approximate surface area is 118 Å². The number of para-hydroxylation sites is 1. The highest BCUT2D eigenvalue weighted by Crippen LogP contribution is 2.33. The molecule has 0 fully saturated rings. The Morgan fingerprint density at radius 3 is 2.50 bits per heavy atom. The number of anilines is 1. The lowest BCUT2D eigenvalue weighted by molar-refractivity contribution is -0.119. The summed E-state index contributed by atoms with van der Waals surface area (Å²) in [5.41, 5.74) is 1.23. The Balaban J connectivity index is 3.12. The van der Waals surface area contributed by atoms with E-state index in [1.54, 1.807) is 18.2 Å². The molecule has 1 nitrogen and oxygen atoms in total. The van der Waals surface area contributed by atoms with E-state index in [1.165, 1.54) is 4.90 Å². The van der Waals surface area contributed by atoms with Crippen molar-refractivity contribution in [2.75, 3.05) is 18.0 Å². The maximum atomic E-state index is 12.6. The Kier molecular flexibility index (Phi) is 5.79. The van der Waals surface area contributed by atoms with E-state index in [0.717, 1.165) is 5.56 Å². The molecule has 0 aromatic heterocycles. The van der Waals surface area contributed by atoms with Crippen LogP contribution in [0.15, 0.2) is 18.2 Å². The average Bonchev–Trinajstić information content (AvgIpc) is 2.26. The van der Waals surface area contributed by atoms with E-state index in [9.17, 15) is 13.2 Å². The molecule has 0 aliphatic heterocycles. The largest absolute Gasteiger partial charge is 0.405 e. The minimum atomic E-state index is -4.24. The fourth-order valence-electron chi connectivity index (χ4n) is 1.78. The molecule has 0 radical (unpaired) electrons.